The van der Waals surface area contributed by atoms with Crippen LogP contribution in [0.15, 0.2) is 41.6 Å². The normalized spacial score (nSPS) is 17.4. The fourth-order valence-corrected chi connectivity index (χ4v) is 4.45. The molecule has 1 aliphatic rings. The SMILES string of the molecule is COC(=O)Nc1ccc(S(=O)(=O)N2CCCC(Oc3nccnc3OC)C2)cc1. The first-order valence-corrected chi connectivity index (χ1v) is 10.3. The largest absolute Gasteiger partial charge is 0.477 e. The molecule has 1 aromatic carbocycles. The maximum atomic E-state index is 13.0. The highest BCUT2D eigenvalue weighted by Crippen LogP contribution is 2.27. The summed E-state index contributed by atoms with van der Waals surface area (Å²) in [6, 6.07) is 5.89. The summed E-state index contributed by atoms with van der Waals surface area (Å²) in [5.41, 5.74) is 0.436. The molecule has 1 amide bonds. The van der Waals surface area contributed by atoms with Crippen LogP contribution >= 0.6 is 0 Å². The van der Waals surface area contributed by atoms with Crippen molar-refractivity contribution in [3.63, 3.8) is 0 Å². The van der Waals surface area contributed by atoms with Crippen LogP contribution in [0, 0.1) is 0 Å². The fourth-order valence-electron chi connectivity index (χ4n) is 2.94. The topological polar surface area (TPSA) is 120 Å². The lowest BCUT2D eigenvalue weighted by atomic mass is 10.1. The Morgan fingerprint density at radius 3 is 2.48 bits per heavy atom. The zero-order chi connectivity index (χ0) is 20.9. The third-order valence-electron chi connectivity index (χ3n) is 4.37. The molecular formula is C18H22N4O6S. The third-order valence-corrected chi connectivity index (χ3v) is 6.25. The molecule has 0 bridgehead atoms. The third kappa shape index (κ3) is 4.93. The summed E-state index contributed by atoms with van der Waals surface area (Å²) in [6.07, 6.45) is 3.31. The molecule has 1 saturated heterocycles. The summed E-state index contributed by atoms with van der Waals surface area (Å²) in [5, 5.41) is 2.48. The lowest BCUT2D eigenvalue weighted by Crippen LogP contribution is -2.44. The minimum Gasteiger partial charge on any atom is -0.477 e. The first-order chi connectivity index (χ1) is 13.9. The number of amides is 1. The van der Waals surface area contributed by atoms with Crippen molar-refractivity contribution in [2.45, 2.75) is 23.8 Å². The van der Waals surface area contributed by atoms with E-state index in [0.29, 0.717) is 25.1 Å². The molecular weight excluding hydrogens is 400 g/mol. The minimum atomic E-state index is -3.71. The number of piperidine rings is 1. The van der Waals surface area contributed by atoms with E-state index in [4.69, 9.17) is 9.47 Å². The molecule has 1 aliphatic heterocycles. The van der Waals surface area contributed by atoms with Gasteiger partial charge in [0.2, 0.25) is 10.0 Å². The number of nitrogens with zero attached hydrogens (tertiary/aromatic N) is 3. The second kappa shape index (κ2) is 9.05. The first kappa shape index (κ1) is 20.8. The Balaban J connectivity index is 1.71. The number of methoxy groups -OCH3 is 2. The van der Waals surface area contributed by atoms with E-state index in [2.05, 4.69) is 20.0 Å². The highest BCUT2D eigenvalue weighted by atomic mass is 32.2. The molecule has 1 unspecified atom stereocenters. The molecule has 156 valence electrons. The monoisotopic (exact) mass is 422 g/mol. The molecule has 1 fully saturated rings. The number of hydrogen-bond acceptors (Lipinski definition) is 8. The van der Waals surface area contributed by atoms with E-state index in [1.807, 2.05) is 0 Å². The van der Waals surface area contributed by atoms with Gasteiger partial charge in [0.25, 0.3) is 11.8 Å². The molecule has 0 aliphatic carbocycles. The number of hydrogen-bond donors (Lipinski definition) is 1. The van der Waals surface area contributed by atoms with Gasteiger partial charge in [-0.15, -0.1) is 0 Å². The molecule has 0 spiro atoms. The van der Waals surface area contributed by atoms with Crippen LogP contribution in [0.3, 0.4) is 0 Å². The van der Waals surface area contributed by atoms with Crippen LogP contribution in [0.25, 0.3) is 0 Å². The van der Waals surface area contributed by atoms with E-state index < -0.39 is 16.1 Å². The number of benzene rings is 1. The summed E-state index contributed by atoms with van der Waals surface area (Å²) in [4.78, 5) is 19.5. The van der Waals surface area contributed by atoms with Crippen LogP contribution in [0.5, 0.6) is 11.8 Å². The van der Waals surface area contributed by atoms with Crippen molar-refractivity contribution < 1.29 is 27.4 Å². The zero-order valence-corrected chi connectivity index (χ0v) is 16.9. The highest BCUT2D eigenvalue weighted by Gasteiger charge is 2.32. The molecule has 0 saturated carbocycles. The van der Waals surface area contributed by atoms with Crippen LogP contribution in [0.2, 0.25) is 0 Å². The molecule has 1 N–H and O–H groups in total. The molecule has 2 heterocycles. The van der Waals surface area contributed by atoms with Gasteiger partial charge in [-0.1, -0.05) is 0 Å². The molecule has 29 heavy (non-hydrogen) atoms. The van der Waals surface area contributed by atoms with Crippen LogP contribution in [-0.2, 0) is 14.8 Å². The number of rotatable bonds is 6. The van der Waals surface area contributed by atoms with Gasteiger partial charge in [0.15, 0.2) is 0 Å². The van der Waals surface area contributed by atoms with Crippen molar-refractivity contribution in [3.05, 3.63) is 36.7 Å². The molecule has 1 aromatic heterocycles. The summed E-state index contributed by atoms with van der Waals surface area (Å²) < 4.78 is 42.9. The Kier molecular flexibility index (Phi) is 6.49. The van der Waals surface area contributed by atoms with Gasteiger partial charge >= 0.3 is 6.09 Å². The van der Waals surface area contributed by atoms with E-state index in [-0.39, 0.29) is 29.3 Å². The van der Waals surface area contributed by atoms with E-state index in [1.54, 1.807) is 0 Å². The second-order valence-electron chi connectivity index (χ2n) is 6.26. The Morgan fingerprint density at radius 2 is 1.83 bits per heavy atom. The number of aromatic nitrogens is 2. The molecule has 10 nitrogen and oxygen atoms in total. The average molecular weight is 422 g/mol. The van der Waals surface area contributed by atoms with Crippen LogP contribution in [-0.4, -0.2) is 62.2 Å². The molecule has 1 atom stereocenters. The van der Waals surface area contributed by atoms with Crippen LogP contribution in [0.4, 0.5) is 10.5 Å². The number of ether oxygens (including phenoxy) is 3. The van der Waals surface area contributed by atoms with Gasteiger partial charge in [-0.2, -0.15) is 4.31 Å². The number of nitrogens with one attached hydrogen (secondary N) is 1. The van der Waals surface area contributed by atoms with Gasteiger partial charge in [0, 0.05) is 24.6 Å². The second-order valence-corrected chi connectivity index (χ2v) is 8.19. The van der Waals surface area contributed by atoms with Gasteiger partial charge in [-0.25, -0.2) is 23.2 Å². The average Bonchev–Trinajstić information content (AvgIpc) is 2.74. The van der Waals surface area contributed by atoms with Gasteiger partial charge < -0.3 is 14.2 Å². The standard InChI is InChI=1S/C18H22N4O6S/c1-26-16-17(20-10-9-19-16)28-14-4-3-11-22(12-14)29(24,25)15-7-5-13(6-8-15)21-18(23)27-2/h5-10,14H,3-4,11-12H2,1-2H3,(H,21,23). The minimum absolute atomic E-state index is 0.130. The smallest absolute Gasteiger partial charge is 0.411 e. The van der Waals surface area contributed by atoms with Crippen LogP contribution in [0.1, 0.15) is 12.8 Å². The van der Waals surface area contributed by atoms with Crippen molar-refractivity contribution in [3.8, 4) is 11.8 Å². The van der Waals surface area contributed by atoms with Crippen LogP contribution < -0.4 is 14.8 Å². The van der Waals surface area contributed by atoms with E-state index in [1.165, 1.54) is 55.2 Å². The predicted molar refractivity (Wildman–Crippen MR) is 103 cm³/mol. The van der Waals surface area contributed by atoms with Crippen molar-refractivity contribution >= 4 is 21.8 Å². The number of anilines is 1. The number of carbonyl (C=O) groups excluding carboxylic acids is 1. The maximum Gasteiger partial charge on any atom is 0.411 e. The lowest BCUT2D eigenvalue weighted by molar-refractivity contribution is 0.119. The summed E-state index contributed by atoms with van der Waals surface area (Å²) in [5.74, 6) is 0.485. The molecule has 3 rings (SSSR count). The quantitative estimate of drug-likeness (QED) is 0.749. The van der Waals surface area contributed by atoms with Gasteiger partial charge in [-0.3, -0.25) is 5.32 Å². The zero-order valence-electron chi connectivity index (χ0n) is 16.1. The van der Waals surface area contributed by atoms with Crippen molar-refractivity contribution in [1.29, 1.82) is 0 Å². The van der Waals surface area contributed by atoms with Gasteiger partial charge in [-0.05, 0) is 37.1 Å². The summed E-state index contributed by atoms with van der Waals surface area (Å²) in [6.45, 7) is 0.576. The molecule has 2 aromatic rings. The van der Waals surface area contributed by atoms with Crippen molar-refractivity contribution in [2.24, 2.45) is 0 Å². The highest BCUT2D eigenvalue weighted by molar-refractivity contribution is 7.89. The molecule has 0 radical (unpaired) electrons. The van der Waals surface area contributed by atoms with E-state index >= 15 is 0 Å². The Hall–Kier alpha value is -2.92. The van der Waals surface area contributed by atoms with Crippen molar-refractivity contribution in [1.82, 2.24) is 14.3 Å². The summed E-state index contributed by atoms with van der Waals surface area (Å²) >= 11 is 0. The Morgan fingerprint density at radius 1 is 1.14 bits per heavy atom. The predicted octanol–water partition coefficient (Wildman–Crippen LogP) is 1.90. The Bertz CT molecular complexity index is 951. The van der Waals surface area contributed by atoms with Gasteiger partial charge in [0.1, 0.15) is 6.10 Å². The maximum absolute atomic E-state index is 13.0. The Labute approximate surface area is 168 Å². The first-order valence-electron chi connectivity index (χ1n) is 8.91. The number of carbonyl (C=O) groups is 1. The molecule has 11 heteroatoms. The van der Waals surface area contributed by atoms with Crippen molar-refractivity contribution in [2.75, 3.05) is 32.6 Å². The fraction of sp³-hybridized carbons (Fsp3) is 0.389. The van der Waals surface area contributed by atoms with E-state index in [9.17, 15) is 13.2 Å². The van der Waals surface area contributed by atoms with Gasteiger partial charge in [0.05, 0.1) is 25.7 Å². The number of sulfonamides is 1. The summed E-state index contributed by atoms with van der Waals surface area (Å²) in [7, 11) is -0.996. The van der Waals surface area contributed by atoms with E-state index in [0.717, 1.165) is 0 Å². The lowest BCUT2D eigenvalue weighted by Gasteiger charge is -2.31.